The summed E-state index contributed by atoms with van der Waals surface area (Å²) in [6.45, 7) is -0.0582. The van der Waals surface area contributed by atoms with Crippen molar-refractivity contribution in [3.8, 4) is 5.88 Å². The van der Waals surface area contributed by atoms with Crippen LogP contribution in [0.1, 0.15) is 11.1 Å². The van der Waals surface area contributed by atoms with Gasteiger partial charge < -0.3 is 9.94 Å². The molecule has 0 atom stereocenters. The number of hydrogen-bond acceptors (Lipinski definition) is 4. The van der Waals surface area contributed by atoms with Crippen LogP contribution in [0.3, 0.4) is 0 Å². The second-order valence-corrected chi connectivity index (χ2v) is 4.62. The number of oxime groups is 1. The van der Waals surface area contributed by atoms with E-state index in [-0.39, 0.29) is 23.8 Å². The van der Waals surface area contributed by atoms with Crippen LogP contribution in [0.15, 0.2) is 41.7 Å². The van der Waals surface area contributed by atoms with Crippen molar-refractivity contribution in [1.29, 1.82) is 0 Å². The predicted octanol–water partition coefficient (Wildman–Crippen LogP) is 3.51. The minimum Gasteiger partial charge on any atom is -0.473 e. The average molecular weight is 313 g/mol. The maximum Gasteiger partial charge on any atom is 0.213 e. The van der Waals surface area contributed by atoms with Gasteiger partial charge in [-0.3, -0.25) is 0 Å². The lowest BCUT2D eigenvalue weighted by molar-refractivity contribution is 0.287. The van der Waals surface area contributed by atoms with E-state index < -0.39 is 11.6 Å². The smallest absolute Gasteiger partial charge is 0.213 e. The molecule has 21 heavy (non-hydrogen) atoms. The number of halogens is 3. The standard InChI is InChI=1S/C14H11ClF2N2O2/c15-13(19-20)5-9-1-4-14(18-7-9)21-8-10-2-3-11(16)6-12(10)17/h1-4,6-7,20H,5,8H2/b19-13-. The van der Waals surface area contributed by atoms with E-state index in [0.29, 0.717) is 5.88 Å². The minimum absolute atomic E-state index is 0.0406. The zero-order valence-corrected chi connectivity index (χ0v) is 11.5. The van der Waals surface area contributed by atoms with Gasteiger partial charge in [-0.2, -0.15) is 0 Å². The number of aromatic nitrogens is 1. The fourth-order valence-electron chi connectivity index (χ4n) is 1.60. The Bertz CT molecular complexity index is 648. The van der Waals surface area contributed by atoms with Crippen LogP contribution in [0, 0.1) is 11.6 Å². The van der Waals surface area contributed by atoms with Crippen LogP contribution in [0.2, 0.25) is 0 Å². The molecule has 1 N–H and O–H groups in total. The monoisotopic (exact) mass is 312 g/mol. The van der Waals surface area contributed by atoms with Crippen molar-refractivity contribution in [2.24, 2.45) is 5.16 Å². The fourth-order valence-corrected chi connectivity index (χ4v) is 1.75. The van der Waals surface area contributed by atoms with Crippen molar-refractivity contribution in [3.05, 3.63) is 59.3 Å². The summed E-state index contributed by atoms with van der Waals surface area (Å²) in [5.74, 6) is -1.02. The zero-order valence-electron chi connectivity index (χ0n) is 10.8. The van der Waals surface area contributed by atoms with Crippen LogP contribution in [-0.2, 0) is 13.0 Å². The van der Waals surface area contributed by atoms with Crippen molar-refractivity contribution in [2.45, 2.75) is 13.0 Å². The Morgan fingerprint density at radius 1 is 1.29 bits per heavy atom. The topological polar surface area (TPSA) is 54.7 Å². The Morgan fingerprint density at radius 3 is 2.71 bits per heavy atom. The normalized spacial score (nSPS) is 11.5. The minimum atomic E-state index is -0.669. The molecular weight excluding hydrogens is 302 g/mol. The summed E-state index contributed by atoms with van der Waals surface area (Å²) in [5, 5.41) is 11.3. The molecule has 7 heteroatoms. The number of benzene rings is 1. The van der Waals surface area contributed by atoms with Gasteiger partial charge in [0.1, 0.15) is 23.4 Å². The first-order chi connectivity index (χ1) is 10.1. The van der Waals surface area contributed by atoms with E-state index in [0.717, 1.165) is 17.7 Å². The molecule has 0 fully saturated rings. The maximum atomic E-state index is 13.4. The molecule has 0 aliphatic rings. The Labute approximate surface area is 124 Å². The van der Waals surface area contributed by atoms with Crippen molar-refractivity contribution >= 4 is 16.8 Å². The molecule has 0 amide bonds. The second kappa shape index (κ2) is 6.99. The van der Waals surface area contributed by atoms with Crippen LogP contribution >= 0.6 is 11.6 Å². The highest BCUT2D eigenvalue weighted by atomic mass is 35.5. The molecule has 1 aromatic carbocycles. The van der Waals surface area contributed by atoms with E-state index in [1.165, 1.54) is 12.3 Å². The summed E-state index contributed by atoms with van der Waals surface area (Å²) in [5.41, 5.74) is 0.968. The predicted molar refractivity (Wildman–Crippen MR) is 73.7 cm³/mol. The van der Waals surface area contributed by atoms with Crippen LogP contribution < -0.4 is 4.74 Å². The van der Waals surface area contributed by atoms with Crippen molar-refractivity contribution in [2.75, 3.05) is 0 Å². The van der Waals surface area contributed by atoms with Gasteiger partial charge in [0, 0.05) is 30.3 Å². The highest BCUT2D eigenvalue weighted by Crippen LogP contribution is 2.14. The van der Waals surface area contributed by atoms with Crippen molar-refractivity contribution in [1.82, 2.24) is 4.98 Å². The molecule has 0 bridgehead atoms. The Kier molecular flexibility index (Phi) is 5.05. The molecule has 110 valence electrons. The van der Waals surface area contributed by atoms with Gasteiger partial charge in [0.15, 0.2) is 0 Å². The number of rotatable bonds is 5. The van der Waals surface area contributed by atoms with Gasteiger partial charge in [0.2, 0.25) is 5.88 Å². The van der Waals surface area contributed by atoms with E-state index in [9.17, 15) is 8.78 Å². The summed E-state index contributed by atoms with van der Waals surface area (Å²) in [6.07, 6.45) is 1.75. The van der Waals surface area contributed by atoms with Crippen molar-refractivity contribution in [3.63, 3.8) is 0 Å². The van der Waals surface area contributed by atoms with Crippen LogP contribution in [0.4, 0.5) is 8.78 Å². The third-order valence-corrected chi connectivity index (χ3v) is 2.86. The van der Waals surface area contributed by atoms with Gasteiger partial charge in [0.05, 0.1) is 0 Å². The maximum absolute atomic E-state index is 13.4. The van der Waals surface area contributed by atoms with Gasteiger partial charge in [-0.1, -0.05) is 22.8 Å². The SMILES string of the molecule is O/N=C(\Cl)Cc1ccc(OCc2ccc(F)cc2F)nc1. The van der Waals surface area contributed by atoms with E-state index in [1.54, 1.807) is 12.1 Å². The van der Waals surface area contributed by atoms with Crippen LogP contribution in [0.25, 0.3) is 0 Å². The molecule has 1 heterocycles. The first-order valence-corrected chi connectivity index (χ1v) is 6.34. The van der Waals surface area contributed by atoms with E-state index in [2.05, 4.69) is 10.1 Å². The van der Waals surface area contributed by atoms with E-state index >= 15 is 0 Å². The molecule has 0 radical (unpaired) electrons. The summed E-state index contributed by atoms with van der Waals surface area (Å²) < 4.78 is 31.5. The highest BCUT2D eigenvalue weighted by molar-refractivity contribution is 6.65. The first-order valence-electron chi connectivity index (χ1n) is 5.96. The second-order valence-electron chi connectivity index (χ2n) is 4.18. The number of hydrogen-bond donors (Lipinski definition) is 1. The van der Waals surface area contributed by atoms with E-state index in [1.807, 2.05) is 0 Å². The molecule has 0 spiro atoms. The zero-order chi connectivity index (χ0) is 15.2. The lowest BCUT2D eigenvalue weighted by Gasteiger charge is -2.07. The molecule has 4 nitrogen and oxygen atoms in total. The van der Waals surface area contributed by atoms with Gasteiger partial charge in [-0.15, -0.1) is 0 Å². The summed E-state index contributed by atoms with van der Waals surface area (Å²) in [4.78, 5) is 4.01. The molecule has 1 aromatic heterocycles. The molecular formula is C14H11ClF2N2O2. The lowest BCUT2D eigenvalue weighted by Crippen LogP contribution is -2.01. The van der Waals surface area contributed by atoms with Gasteiger partial charge in [0.25, 0.3) is 0 Å². The highest BCUT2D eigenvalue weighted by Gasteiger charge is 2.06. The lowest BCUT2D eigenvalue weighted by atomic mass is 10.2. The number of nitrogens with zero attached hydrogens (tertiary/aromatic N) is 2. The molecule has 0 aliphatic carbocycles. The average Bonchev–Trinajstić information content (AvgIpc) is 2.48. The third-order valence-electron chi connectivity index (χ3n) is 2.65. The molecule has 0 aliphatic heterocycles. The van der Waals surface area contributed by atoms with Gasteiger partial charge in [-0.25, -0.2) is 13.8 Å². The van der Waals surface area contributed by atoms with Crippen LogP contribution in [-0.4, -0.2) is 15.4 Å². The summed E-state index contributed by atoms with van der Waals surface area (Å²) >= 11 is 5.58. The molecule has 2 rings (SSSR count). The molecule has 0 saturated heterocycles. The quantitative estimate of drug-likeness (QED) is 0.522. The summed E-state index contributed by atoms with van der Waals surface area (Å²) in [7, 11) is 0. The Balaban J connectivity index is 1.97. The van der Waals surface area contributed by atoms with Crippen molar-refractivity contribution < 1.29 is 18.7 Å². The first kappa shape index (κ1) is 15.2. The molecule has 0 unspecified atom stereocenters. The van der Waals surface area contributed by atoms with Gasteiger partial charge >= 0.3 is 0 Å². The van der Waals surface area contributed by atoms with E-state index in [4.69, 9.17) is 21.5 Å². The van der Waals surface area contributed by atoms with Crippen LogP contribution in [0.5, 0.6) is 5.88 Å². The Hall–Kier alpha value is -2.21. The third kappa shape index (κ3) is 4.39. The molecule has 0 saturated carbocycles. The van der Waals surface area contributed by atoms with Gasteiger partial charge in [-0.05, 0) is 17.7 Å². The summed E-state index contributed by atoms with van der Waals surface area (Å²) in [6, 6.07) is 6.55. The molecule has 2 aromatic rings. The largest absolute Gasteiger partial charge is 0.473 e. The number of ether oxygens (including phenoxy) is 1. The fraction of sp³-hybridized carbons (Fsp3) is 0.143. The number of pyridine rings is 1. The Morgan fingerprint density at radius 2 is 2.10 bits per heavy atom.